The van der Waals surface area contributed by atoms with Crippen LogP contribution >= 0.6 is 34.7 Å². The Morgan fingerprint density at radius 2 is 1.97 bits per heavy atom. The standard InChI is InChI=1S/C21H24ClN3O3S2/c22-16-5-2-1-4-15(16)20(27)25-17(14-30-21(25)18-6-3-13-29-18)19(26)23-7-8-24-9-11-28-12-10-24/h1-6,13,17,21H,7-12,14H2,(H,23,26). The van der Waals surface area contributed by atoms with Gasteiger partial charge in [0.25, 0.3) is 5.91 Å². The fourth-order valence-electron chi connectivity index (χ4n) is 3.66. The lowest BCUT2D eigenvalue weighted by Gasteiger charge is -2.29. The summed E-state index contributed by atoms with van der Waals surface area (Å²) in [5.41, 5.74) is 0.425. The first-order valence-electron chi connectivity index (χ1n) is 9.95. The second-order valence-corrected chi connectivity index (χ2v) is 9.65. The van der Waals surface area contributed by atoms with Gasteiger partial charge in [-0.3, -0.25) is 14.5 Å². The number of ether oxygens (including phenoxy) is 1. The molecule has 2 aliphatic heterocycles. The third-order valence-electron chi connectivity index (χ3n) is 5.26. The smallest absolute Gasteiger partial charge is 0.257 e. The molecule has 30 heavy (non-hydrogen) atoms. The lowest BCUT2D eigenvalue weighted by atomic mass is 10.1. The predicted molar refractivity (Wildman–Crippen MR) is 121 cm³/mol. The monoisotopic (exact) mass is 465 g/mol. The summed E-state index contributed by atoms with van der Waals surface area (Å²) < 4.78 is 5.36. The molecule has 2 fully saturated rings. The average molecular weight is 466 g/mol. The number of hydrogen-bond donors (Lipinski definition) is 1. The third-order valence-corrected chi connectivity index (χ3v) is 7.97. The summed E-state index contributed by atoms with van der Waals surface area (Å²) in [6, 6.07) is 10.4. The van der Waals surface area contributed by atoms with Crippen molar-refractivity contribution in [3.63, 3.8) is 0 Å². The molecule has 4 rings (SSSR count). The second-order valence-electron chi connectivity index (χ2n) is 7.15. The van der Waals surface area contributed by atoms with Crippen LogP contribution in [0.25, 0.3) is 0 Å². The number of benzene rings is 1. The first kappa shape index (κ1) is 21.6. The molecule has 0 saturated carbocycles. The molecule has 2 aromatic rings. The van der Waals surface area contributed by atoms with Gasteiger partial charge in [-0.05, 0) is 23.6 Å². The normalized spacial score (nSPS) is 22.2. The molecule has 6 nitrogen and oxygen atoms in total. The number of thioether (sulfide) groups is 1. The number of carbonyl (C=O) groups is 2. The maximum atomic E-state index is 13.4. The number of nitrogens with one attached hydrogen (secondary N) is 1. The van der Waals surface area contributed by atoms with Crippen molar-refractivity contribution in [3.05, 3.63) is 57.2 Å². The number of carbonyl (C=O) groups excluding carboxylic acids is 2. The van der Waals surface area contributed by atoms with Crippen molar-refractivity contribution in [1.82, 2.24) is 15.1 Å². The van der Waals surface area contributed by atoms with E-state index in [0.717, 1.165) is 37.7 Å². The molecule has 2 aliphatic rings. The van der Waals surface area contributed by atoms with Crippen LogP contribution in [0, 0.1) is 0 Å². The number of rotatable bonds is 6. The fourth-order valence-corrected chi connectivity index (χ4v) is 6.27. The molecule has 2 atom stereocenters. The van der Waals surface area contributed by atoms with Gasteiger partial charge in [-0.25, -0.2) is 0 Å². The molecular weight excluding hydrogens is 442 g/mol. The van der Waals surface area contributed by atoms with E-state index in [-0.39, 0.29) is 17.2 Å². The van der Waals surface area contributed by atoms with E-state index in [9.17, 15) is 9.59 Å². The van der Waals surface area contributed by atoms with Crippen LogP contribution in [-0.2, 0) is 9.53 Å². The Morgan fingerprint density at radius 3 is 2.70 bits per heavy atom. The summed E-state index contributed by atoms with van der Waals surface area (Å²) in [6.07, 6.45) is 0. The van der Waals surface area contributed by atoms with E-state index in [4.69, 9.17) is 16.3 Å². The molecule has 2 saturated heterocycles. The van der Waals surface area contributed by atoms with Gasteiger partial charge < -0.3 is 15.0 Å². The van der Waals surface area contributed by atoms with Gasteiger partial charge in [-0.2, -0.15) is 0 Å². The van der Waals surface area contributed by atoms with Crippen LogP contribution in [0.15, 0.2) is 41.8 Å². The minimum Gasteiger partial charge on any atom is -0.379 e. The molecule has 0 radical (unpaired) electrons. The topological polar surface area (TPSA) is 61.9 Å². The highest BCUT2D eigenvalue weighted by Crippen LogP contribution is 2.44. The highest BCUT2D eigenvalue weighted by Gasteiger charge is 2.43. The molecule has 1 aromatic heterocycles. The first-order chi connectivity index (χ1) is 14.6. The van der Waals surface area contributed by atoms with Crippen LogP contribution in [0.5, 0.6) is 0 Å². The molecule has 0 bridgehead atoms. The minimum absolute atomic E-state index is 0.116. The molecule has 1 N–H and O–H groups in total. The number of nitrogens with zero attached hydrogens (tertiary/aromatic N) is 2. The lowest BCUT2D eigenvalue weighted by molar-refractivity contribution is -0.124. The van der Waals surface area contributed by atoms with Gasteiger partial charge in [-0.1, -0.05) is 29.8 Å². The third kappa shape index (κ3) is 4.84. The predicted octanol–water partition coefficient (Wildman–Crippen LogP) is 3.11. The fraction of sp³-hybridized carbons (Fsp3) is 0.429. The molecule has 0 aliphatic carbocycles. The minimum atomic E-state index is -0.532. The number of hydrogen-bond acceptors (Lipinski definition) is 6. The summed E-state index contributed by atoms with van der Waals surface area (Å²) in [6.45, 7) is 4.56. The van der Waals surface area contributed by atoms with Crippen LogP contribution in [0.1, 0.15) is 20.6 Å². The van der Waals surface area contributed by atoms with Crippen molar-refractivity contribution >= 4 is 46.5 Å². The maximum absolute atomic E-state index is 13.4. The molecule has 3 heterocycles. The number of amides is 2. The Balaban J connectivity index is 1.48. The van der Waals surface area contributed by atoms with Gasteiger partial charge in [0, 0.05) is 36.8 Å². The van der Waals surface area contributed by atoms with Crippen molar-refractivity contribution in [1.29, 1.82) is 0 Å². The van der Waals surface area contributed by atoms with E-state index >= 15 is 0 Å². The number of halogens is 1. The van der Waals surface area contributed by atoms with E-state index < -0.39 is 6.04 Å². The summed E-state index contributed by atoms with van der Waals surface area (Å²) in [5, 5.41) is 5.23. The Morgan fingerprint density at radius 1 is 1.17 bits per heavy atom. The maximum Gasteiger partial charge on any atom is 0.257 e. The Hall–Kier alpha value is -1.58. The highest BCUT2D eigenvalue weighted by molar-refractivity contribution is 7.99. The highest BCUT2D eigenvalue weighted by atomic mass is 35.5. The van der Waals surface area contributed by atoms with Gasteiger partial charge in [-0.15, -0.1) is 23.1 Å². The van der Waals surface area contributed by atoms with Gasteiger partial charge in [0.15, 0.2) is 0 Å². The first-order valence-corrected chi connectivity index (χ1v) is 12.3. The van der Waals surface area contributed by atoms with Crippen molar-refractivity contribution in [3.8, 4) is 0 Å². The van der Waals surface area contributed by atoms with Crippen LogP contribution in [0.4, 0.5) is 0 Å². The molecule has 2 amide bonds. The quantitative estimate of drug-likeness (QED) is 0.710. The lowest BCUT2D eigenvalue weighted by Crippen LogP contribution is -2.49. The van der Waals surface area contributed by atoms with Crippen molar-refractivity contribution < 1.29 is 14.3 Å². The summed E-state index contributed by atoms with van der Waals surface area (Å²) >= 11 is 9.51. The van der Waals surface area contributed by atoms with E-state index in [1.807, 2.05) is 17.5 Å². The van der Waals surface area contributed by atoms with Crippen LogP contribution < -0.4 is 5.32 Å². The van der Waals surface area contributed by atoms with Gasteiger partial charge in [0.05, 0.1) is 23.8 Å². The van der Waals surface area contributed by atoms with Crippen molar-refractivity contribution in [2.45, 2.75) is 11.4 Å². The second kappa shape index (κ2) is 10.2. The van der Waals surface area contributed by atoms with E-state index in [1.165, 1.54) is 0 Å². The zero-order chi connectivity index (χ0) is 20.9. The molecule has 9 heteroatoms. The zero-order valence-electron chi connectivity index (χ0n) is 16.5. The Labute approximate surface area is 189 Å². The van der Waals surface area contributed by atoms with Gasteiger partial charge in [0.2, 0.25) is 5.91 Å². The summed E-state index contributed by atoms with van der Waals surface area (Å²) in [4.78, 5) is 31.5. The molecule has 0 spiro atoms. The summed E-state index contributed by atoms with van der Waals surface area (Å²) in [7, 11) is 0. The SMILES string of the molecule is O=C(NCCN1CCOCC1)C1CSC(c2cccs2)N1C(=O)c1ccccc1Cl. The van der Waals surface area contributed by atoms with Crippen LogP contribution in [-0.4, -0.2) is 72.8 Å². The van der Waals surface area contributed by atoms with Crippen LogP contribution in [0.2, 0.25) is 5.02 Å². The van der Waals surface area contributed by atoms with Crippen LogP contribution in [0.3, 0.4) is 0 Å². The molecule has 2 unspecified atom stereocenters. The van der Waals surface area contributed by atoms with Gasteiger partial charge in [0.1, 0.15) is 11.4 Å². The Bertz CT molecular complexity index is 874. The van der Waals surface area contributed by atoms with E-state index in [1.54, 1.807) is 52.3 Å². The zero-order valence-corrected chi connectivity index (χ0v) is 18.8. The van der Waals surface area contributed by atoms with Crippen molar-refractivity contribution in [2.75, 3.05) is 45.1 Å². The molecule has 160 valence electrons. The van der Waals surface area contributed by atoms with Gasteiger partial charge >= 0.3 is 0 Å². The molecule has 1 aromatic carbocycles. The molecular formula is C21H24ClN3O3S2. The summed E-state index contributed by atoms with van der Waals surface area (Å²) in [5.74, 6) is 0.231. The van der Waals surface area contributed by atoms with Crippen molar-refractivity contribution in [2.24, 2.45) is 0 Å². The Kier molecular flexibility index (Phi) is 7.32. The average Bonchev–Trinajstić information content (AvgIpc) is 3.44. The van der Waals surface area contributed by atoms with E-state index in [2.05, 4.69) is 10.2 Å². The number of morpholine rings is 1. The largest absolute Gasteiger partial charge is 0.379 e. The number of thiophene rings is 1. The van der Waals surface area contributed by atoms with E-state index in [0.29, 0.717) is 22.9 Å².